The van der Waals surface area contributed by atoms with Crippen LogP contribution in [-0.4, -0.2) is 62.1 Å². The van der Waals surface area contributed by atoms with Gasteiger partial charge in [-0.15, -0.1) is 0 Å². The zero-order valence-electron chi connectivity index (χ0n) is 16.3. The summed E-state index contributed by atoms with van der Waals surface area (Å²) in [5, 5.41) is 3.79. The molecular weight excluding hydrogens is 374 g/mol. The fraction of sp³-hybridized carbons (Fsp3) is 0.409. The average Bonchev–Trinajstić information content (AvgIpc) is 2.71. The number of carbonyl (C=O) groups excluding carboxylic acids is 1. The van der Waals surface area contributed by atoms with E-state index in [1.807, 2.05) is 42.5 Å². The van der Waals surface area contributed by atoms with E-state index in [0.717, 1.165) is 43.9 Å². The van der Waals surface area contributed by atoms with Crippen LogP contribution in [0.1, 0.15) is 17.2 Å². The molecule has 6 heteroatoms. The van der Waals surface area contributed by atoms with Gasteiger partial charge in [-0.3, -0.25) is 9.69 Å². The quantitative estimate of drug-likeness (QED) is 0.738. The Morgan fingerprint density at radius 3 is 2.46 bits per heavy atom. The Hall–Kier alpha value is -1.92. The monoisotopic (exact) mass is 401 g/mol. The molecule has 1 fully saturated rings. The number of nitrogens with zero attached hydrogens (tertiary/aromatic N) is 2. The van der Waals surface area contributed by atoms with Crippen LogP contribution in [0, 0.1) is 0 Å². The molecule has 1 saturated heterocycles. The van der Waals surface area contributed by atoms with E-state index in [-0.39, 0.29) is 18.6 Å². The number of benzene rings is 2. The molecule has 1 amide bonds. The van der Waals surface area contributed by atoms with Crippen molar-refractivity contribution in [3.63, 3.8) is 0 Å². The number of piperazine rings is 1. The van der Waals surface area contributed by atoms with E-state index in [9.17, 15) is 4.79 Å². The molecule has 3 rings (SSSR count). The first-order chi connectivity index (χ1) is 13.6. The third-order valence-electron chi connectivity index (χ3n) is 5.02. The summed E-state index contributed by atoms with van der Waals surface area (Å²) in [5.74, 6) is -0.116. The highest BCUT2D eigenvalue weighted by Gasteiger charge is 2.21. The van der Waals surface area contributed by atoms with Crippen molar-refractivity contribution in [1.29, 1.82) is 0 Å². The van der Waals surface area contributed by atoms with Gasteiger partial charge in [0.2, 0.25) is 5.91 Å². The van der Waals surface area contributed by atoms with Crippen molar-refractivity contribution < 1.29 is 9.53 Å². The number of halogens is 1. The number of rotatable bonds is 8. The van der Waals surface area contributed by atoms with E-state index in [1.165, 1.54) is 0 Å². The maximum absolute atomic E-state index is 12.5. The number of hydrogen-bond acceptors (Lipinski definition) is 4. The highest BCUT2D eigenvalue weighted by Crippen LogP contribution is 2.17. The molecular formula is C22H28ClN3O2. The SMILES string of the molecule is CN1CCN(CC(NC(=O)COCc2ccccc2Cl)c2ccccc2)CC1. The Bertz CT molecular complexity index is 748. The van der Waals surface area contributed by atoms with Crippen molar-refractivity contribution in [2.45, 2.75) is 12.6 Å². The van der Waals surface area contributed by atoms with Crippen LogP contribution in [0.5, 0.6) is 0 Å². The number of ether oxygens (including phenoxy) is 1. The molecule has 0 saturated carbocycles. The Kier molecular flexibility index (Phi) is 7.86. The third-order valence-corrected chi connectivity index (χ3v) is 5.39. The molecule has 28 heavy (non-hydrogen) atoms. The molecule has 0 aromatic heterocycles. The Morgan fingerprint density at radius 1 is 1.07 bits per heavy atom. The van der Waals surface area contributed by atoms with E-state index >= 15 is 0 Å². The molecule has 0 bridgehead atoms. The Morgan fingerprint density at radius 2 is 1.75 bits per heavy atom. The van der Waals surface area contributed by atoms with Crippen LogP contribution in [-0.2, 0) is 16.1 Å². The first kappa shape index (κ1) is 20.8. The van der Waals surface area contributed by atoms with Crippen molar-refractivity contribution in [3.8, 4) is 0 Å². The molecule has 150 valence electrons. The van der Waals surface area contributed by atoms with Crippen LogP contribution in [0.3, 0.4) is 0 Å². The second-order valence-electron chi connectivity index (χ2n) is 7.22. The molecule has 1 N–H and O–H groups in total. The van der Waals surface area contributed by atoms with Crippen molar-refractivity contribution in [3.05, 3.63) is 70.7 Å². The van der Waals surface area contributed by atoms with Crippen LogP contribution >= 0.6 is 11.6 Å². The molecule has 1 heterocycles. The highest BCUT2D eigenvalue weighted by molar-refractivity contribution is 6.31. The number of carbonyl (C=O) groups is 1. The summed E-state index contributed by atoms with van der Waals surface area (Å²) >= 11 is 6.13. The minimum Gasteiger partial charge on any atom is -0.367 e. The number of hydrogen-bond donors (Lipinski definition) is 1. The predicted molar refractivity (Wildman–Crippen MR) is 112 cm³/mol. The molecule has 0 spiro atoms. The molecule has 1 aliphatic heterocycles. The molecule has 1 aliphatic rings. The summed E-state index contributed by atoms with van der Waals surface area (Å²) in [6.07, 6.45) is 0. The highest BCUT2D eigenvalue weighted by atomic mass is 35.5. The fourth-order valence-corrected chi connectivity index (χ4v) is 3.50. The summed E-state index contributed by atoms with van der Waals surface area (Å²) in [4.78, 5) is 17.2. The fourth-order valence-electron chi connectivity index (χ4n) is 3.31. The Labute approximate surface area is 172 Å². The lowest BCUT2D eigenvalue weighted by Crippen LogP contribution is -2.48. The molecule has 1 atom stereocenters. The lowest BCUT2D eigenvalue weighted by Gasteiger charge is -2.35. The van der Waals surface area contributed by atoms with Crippen molar-refractivity contribution >= 4 is 17.5 Å². The number of amides is 1. The van der Waals surface area contributed by atoms with Crippen LogP contribution in [0.15, 0.2) is 54.6 Å². The van der Waals surface area contributed by atoms with Crippen molar-refractivity contribution in [1.82, 2.24) is 15.1 Å². The van der Waals surface area contributed by atoms with E-state index in [1.54, 1.807) is 0 Å². The van der Waals surface area contributed by atoms with Gasteiger partial charge in [-0.05, 0) is 24.2 Å². The summed E-state index contributed by atoms with van der Waals surface area (Å²) in [6, 6.07) is 17.6. The molecule has 5 nitrogen and oxygen atoms in total. The normalized spacial score (nSPS) is 16.6. The maximum Gasteiger partial charge on any atom is 0.246 e. The molecule has 0 radical (unpaired) electrons. The van der Waals surface area contributed by atoms with Crippen molar-refractivity contribution in [2.24, 2.45) is 0 Å². The lowest BCUT2D eigenvalue weighted by atomic mass is 10.1. The second kappa shape index (κ2) is 10.6. The maximum atomic E-state index is 12.5. The zero-order valence-corrected chi connectivity index (χ0v) is 17.1. The number of nitrogens with one attached hydrogen (secondary N) is 1. The molecule has 1 unspecified atom stereocenters. The summed E-state index contributed by atoms with van der Waals surface area (Å²) in [6.45, 7) is 5.26. The van der Waals surface area contributed by atoms with Crippen LogP contribution < -0.4 is 5.32 Å². The van der Waals surface area contributed by atoms with E-state index in [4.69, 9.17) is 16.3 Å². The van der Waals surface area contributed by atoms with Gasteiger partial charge in [-0.25, -0.2) is 0 Å². The van der Waals surface area contributed by atoms with Crippen LogP contribution in [0.2, 0.25) is 5.02 Å². The summed E-state index contributed by atoms with van der Waals surface area (Å²) in [7, 11) is 2.14. The first-order valence-electron chi connectivity index (χ1n) is 9.68. The van der Waals surface area contributed by atoms with Gasteiger partial charge >= 0.3 is 0 Å². The van der Waals surface area contributed by atoms with Crippen LogP contribution in [0.25, 0.3) is 0 Å². The van der Waals surface area contributed by atoms with Gasteiger partial charge in [0.25, 0.3) is 0 Å². The minimum atomic E-state index is -0.116. The van der Waals surface area contributed by atoms with E-state index in [2.05, 4.69) is 34.3 Å². The molecule has 2 aromatic carbocycles. The zero-order chi connectivity index (χ0) is 19.8. The molecule has 2 aromatic rings. The van der Waals surface area contributed by atoms with Gasteiger partial charge in [0, 0.05) is 37.7 Å². The second-order valence-corrected chi connectivity index (χ2v) is 7.63. The lowest BCUT2D eigenvalue weighted by molar-refractivity contribution is -0.127. The van der Waals surface area contributed by atoms with Gasteiger partial charge in [-0.1, -0.05) is 60.1 Å². The topological polar surface area (TPSA) is 44.8 Å². The minimum absolute atomic E-state index is 0.0112. The average molecular weight is 402 g/mol. The Balaban J connectivity index is 1.54. The van der Waals surface area contributed by atoms with Gasteiger partial charge in [0.05, 0.1) is 12.6 Å². The van der Waals surface area contributed by atoms with Crippen LogP contribution in [0.4, 0.5) is 0 Å². The largest absolute Gasteiger partial charge is 0.367 e. The smallest absolute Gasteiger partial charge is 0.246 e. The van der Waals surface area contributed by atoms with Crippen molar-refractivity contribution in [2.75, 3.05) is 46.4 Å². The predicted octanol–water partition coefficient (Wildman–Crippen LogP) is 2.96. The summed E-state index contributed by atoms with van der Waals surface area (Å²) < 4.78 is 5.59. The number of likely N-dealkylation sites (N-methyl/N-ethyl adjacent to an activating group) is 1. The first-order valence-corrected chi connectivity index (χ1v) is 10.1. The third kappa shape index (κ3) is 6.31. The van der Waals surface area contributed by atoms with E-state index < -0.39 is 0 Å². The molecule has 0 aliphatic carbocycles. The van der Waals surface area contributed by atoms with Gasteiger partial charge < -0.3 is 15.0 Å². The van der Waals surface area contributed by atoms with E-state index in [0.29, 0.717) is 11.6 Å². The standard InChI is InChI=1S/C22H28ClN3O2/c1-25-11-13-26(14-12-25)15-21(18-7-3-2-4-8-18)24-22(27)17-28-16-19-9-5-6-10-20(19)23/h2-10,21H,11-17H2,1H3,(H,24,27). The van der Waals surface area contributed by atoms with Gasteiger partial charge in [-0.2, -0.15) is 0 Å². The summed E-state index contributed by atoms with van der Waals surface area (Å²) in [5.41, 5.74) is 2.00. The van der Waals surface area contributed by atoms with Gasteiger partial charge in [0.15, 0.2) is 0 Å². The van der Waals surface area contributed by atoms with Gasteiger partial charge in [0.1, 0.15) is 6.61 Å².